The van der Waals surface area contributed by atoms with Gasteiger partial charge in [-0.15, -0.1) is 0 Å². The molecule has 0 radical (unpaired) electrons. The predicted molar refractivity (Wildman–Crippen MR) is 102 cm³/mol. The third-order valence-corrected chi connectivity index (χ3v) is 5.38. The molecular weight excluding hydrogens is 366 g/mol. The molecule has 0 aliphatic rings. The fraction of sp³-hybridized carbons (Fsp3) is 0.300. The van der Waals surface area contributed by atoms with Crippen LogP contribution in [0.3, 0.4) is 0 Å². The highest BCUT2D eigenvalue weighted by atomic mass is 32.2. The molecule has 0 N–H and O–H groups in total. The molecule has 1 unspecified atom stereocenters. The van der Waals surface area contributed by atoms with Crippen LogP contribution in [0.25, 0.3) is 0 Å². The van der Waals surface area contributed by atoms with Gasteiger partial charge in [0.25, 0.3) is 10.1 Å². The van der Waals surface area contributed by atoms with Crippen LogP contribution in [0, 0.1) is 13.8 Å². The molecule has 0 fully saturated rings. The Morgan fingerprint density at radius 3 is 1.89 bits per heavy atom. The van der Waals surface area contributed by atoms with E-state index in [4.69, 9.17) is 4.18 Å². The standard InChI is InChI=1S/C20H23NO5S/c1-14-5-9-16(10-6-14)20(23)18(13-19(22)21(3)4)26-27(24,25)17-11-7-15(2)8-12-17/h5-12,18H,13H2,1-4H3. The Balaban J connectivity index is 2.34. The van der Waals surface area contributed by atoms with Crippen LogP contribution in [0.1, 0.15) is 27.9 Å². The minimum atomic E-state index is -4.20. The number of amides is 1. The maximum atomic E-state index is 12.8. The van der Waals surface area contributed by atoms with Gasteiger partial charge in [0.2, 0.25) is 5.91 Å². The van der Waals surface area contributed by atoms with Crippen molar-refractivity contribution in [3.05, 3.63) is 65.2 Å². The van der Waals surface area contributed by atoms with Crippen LogP contribution in [0.4, 0.5) is 0 Å². The molecule has 0 aliphatic carbocycles. The van der Waals surface area contributed by atoms with Crippen molar-refractivity contribution in [3.63, 3.8) is 0 Å². The van der Waals surface area contributed by atoms with Crippen LogP contribution in [0.5, 0.6) is 0 Å². The van der Waals surface area contributed by atoms with Gasteiger partial charge in [0.15, 0.2) is 5.78 Å². The average molecular weight is 389 g/mol. The van der Waals surface area contributed by atoms with Gasteiger partial charge >= 0.3 is 0 Å². The maximum absolute atomic E-state index is 12.8. The van der Waals surface area contributed by atoms with E-state index in [2.05, 4.69) is 0 Å². The first-order valence-corrected chi connectivity index (χ1v) is 9.82. The van der Waals surface area contributed by atoms with Crippen molar-refractivity contribution in [1.82, 2.24) is 4.90 Å². The Morgan fingerprint density at radius 1 is 0.926 bits per heavy atom. The summed E-state index contributed by atoms with van der Waals surface area (Å²) < 4.78 is 30.4. The topological polar surface area (TPSA) is 80.8 Å². The lowest BCUT2D eigenvalue weighted by Gasteiger charge is -2.19. The largest absolute Gasteiger partial charge is 0.349 e. The number of hydrogen-bond donors (Lipinski definition) is 0. The Labute approximate surface area is 159 Å². The summed E-state index contributed by atoms with van der Waals surface area (Å²) >= 11 is 0. The first kappa shape index (κ1) is 20.8. The summed E-state index contributed by atoms with van der Waals surface area (Å²) in [7, 11) is -1.14. The van der Waals surface area contributed by atoms with Crippen LogP contribution in [0.2, 0.25) is 0 Å². The van der Waals surface area contributed by atoms with Crippen molar-refractivity contribution >= 4 is 21.8 Å². The van der Waals surface area contributed by atoms with Crippen molar-refractivity contribution in [2.24, 2.45) is 0 Å². The molecule has 0 spiro atoms. The second-order valence-electron chi connectivity index (χ2n) is 6.57. The SMILES string of the molecule is Cc1ccc(C(=O)C(CC(=O)N(C)C)OS(=O)(=O)c2ccc(C)cc2)cc1. The molecule has 0 saturated carbocycles. The lowest BCUT2D eigenvalue weighted by molar-refractivity contribution is -0.129. The number of ketones is 1. The molecule has 27 heavy (non-hydrogen) atoms. The summed E-state index contributed by atoms with van der Waals surface area (Å²) in [5.41, 5.74) is 2.14. The molecular formula is C20H23NO5S. The van der Waals surface area contributed by atoms with E-state index in [-0.39, 0.29) is 16.9 Å². The van der Waals surface area contributed by atoms with E-state index in [0.717, 1.165) is 11.1 Å². The first-order valence-electron chi connectivity index (χ1n) is 8.41. The number of benzene rings is 2. The molecule has 0 heterocycles. The lowest BCUT2D eigenvalue weighted by Crippen LogP contribution is -2.34. The molecule has 0 saturated heterocycles. The number of hydrogen-bond acceptors (Lipinski definition) is 5. The Kier molecular flexibility index (Phi) is 6.51. The molecule has 2 rings (SSSR count). The predicted octanol–water partition coefficient (Wildman–Crippen LogP) is 2.74. The second kappa shape index (κ2) is 8.45. The van der Waals surface area contributed by atoms with Crippen LogP contribution >= 0.6 is 0 Å². The fourth-order valence-electron chi connectivity index (χ4n) is 2.33. The summed E-state index contributed by atoms with van der Waals surface area (Å²) in [5, 5.41) is 0. The van der Waals surface area contributed by atoms with Crippen molar-refractivity contribution in [1.29, 1.82) is 0 Å². The van der Waals surface area contributed by atoms with Gasteiger partial charge in [0.1, 0.15) is 6.10 Å². The molecule has 2 aromatic rings. The van der Waals surface area contributed by atoms with Crippen LogP contribution < -0.4 is 0 Å². The fourth-order valence-corrected chi connectivity index (χ4v) is 3.37. The van der Waals surface area contributed by atoms with Crippen molar-refractivity contribution in [2.45, 2.75) is 31.3 Å². The molecule has 2 aromatic carbocycles. The Hall–Kier alpha value is -2.51. The van der Waals surface area contributed by atoms with E-state index in [1.165, 1.54) is 31.1 Å². The number of Topliss-reactive ketones (excluding diaryl/α,β-unsaturated/α-hetero) is 1. The zero-order chi connectivity index (χ0) is 20.2. The highest BCUT2D eigenvalue weighted by molar-refractivity contribution is 7.86. The van der Waals surface area contributed by atoms with Gasteiger partial charge in [-0.1, -0.05) is 47.5 Å². The molecule has 7 heteroatoms. The van der Waals surface area contributed by atoms with Gasteiger partial charge in [-0.25, -0.2) is 0 Å². The number of rotatable bonds is 7. The number of nitrogens with zero attached hydrogens (tertiary/aromatic N) is 1. The summed E-state index contributed by atoms with van der Waals surface area (Å²) in [6, 6.07) is 12.8. The van der Waals surface area contributed by atoms with Gasteiger partial charge in [0, 0.05) is 19.7 Å². The Bertz CT molecular complexity index is 916. The molecule has 1 amide bonds. The lowest BCUT2D eigenvalue weighted by atomic mass is 10.0. The van der Waals surface area contributed by atoms with Gasteiger partial charge < -0.3 is 4.90 Å². The van der Waals surface area contributed by atoms with Crippen molar-refractivity contribution in [2.75, 3.05) is 14.1 Å². The summed E-state index contributed by atoms with van der Waals surface area (Å²) in [4.78, 5) is 26.2. The smallest absolute Gasteiger partial charge is 0.297 e. The molecule has 144 valence electrons. The highest BCUT2D eigenvalue weighted by Gasteiger charge is 2.31. The van der Waals surface area contributed by atoms with Gasteiger partial charge in [-0.05, 0) is 26.0 Å². The quantitative estimate of drug-likeness (QED) is 0.537. The zero-order valence-corrected chi connectivity index (χ0v) is 16.6. The van der Waals surface area contributed by atoms with E-state index in [9.17, 15) is 18.0 Å². The molecule has 0 aromatic heterocycles. The van der Waals surface area contributed by atoms with Crippen molar-refractivity contribution < 1.29 is 22.2 Å². The van der Waals surface area contributed by atoms with Gasteiger partial charge in [-0.2, -0.15) is 8.42 Å². The van der Waals surface area contributed by atoms with E-state index in [1.807, 2.05) is 13.8 Å². The second-order valence-corrected chi connectivity index (χ2v) is 8.15. The molecule has 6 nitrogen and oxygen atoms in total. The maximum Gasteiger partial charge on any atom is 0.297 e. The molecule has 0 aliphatic heterocycles. The number of carbonyl (C=O) groups is 2. The van der Waals surface area contributed by atoms with Crippen LogP contribution in [0.15, 0.2) is 53.4 Å². The highest BCUT2D eigenvalue weighted by Crippen LogP contribution is 2.20. The van der Waals surface area contributed by atoms with Crippen LogP contribution in [-0.4, -0.2) is 45.2 Å². The summed E-state index contributed by atoms with van der Waals surface area (Å²) in [5.74, 6) is -0.958. The third kappa shape index (κ3) is 5.48. The number of aryl methyl sites for hydroxylation is 2. The number of carbonyl (C=O) groups excluding carboxylic acids is 2. The third-order valence-electron chi connectivity index (χ3n) is 4.04. The van der Waals surface area contributed by atoms with E-state index in [1.54, 1.807) is 36.4 Å². The minimum Gasteiger partial charge on any atom is -0.349 e. The van der Waals surface area contributed by atoms with Crippen LogP contribution in [-0.2, 0) is 19.1 Å². The van der Waals surface area contributed by atoms with Crippen molar-refractivity contribution in [3.8, 4) is 0 Å². The minimum absolute atomic E-state index is 0.0629. The van der Waals surface area contributed by atoms with Gasteiger partial charge in [-0.3, -0.25) is 13.8 Å². The van der Waals surface area contributed by atoms with E-state index < -0.39 is 27.9 Å². The summed E-state index contributed by atoms with van der Waals surface area (Å²) in [6.45, 7) is 3.70. The molecule has 0 bridgehead atoms. The Morgan fingerprint density at radius 2 is 1.41 bits per heavy atom. The molecule has 1 atom stereocenters. The zero-order valence-electron chi connectivity index (χ0n) is 15.8. The first-order chi connectivity index (χ1) is 12.6. The van der Waals surface area contributed by atoms with Gasteiger partial charge in [0.05, 0.1) is 11.3 Å². The summed E-state index contributed by atoms with van der Waals surface area (Å²) in [6.07, 6.45) is -1.81. The monoisotopic (exact) mass is 389 g/mol. The van der Waals surface area contributed by atoms with E-state index in [0.29, 0.717) is 0 Å². The van der Waals surface area contributed by atoms with E-state index >= 15 is 0 Å². The average Bonchev–Trinajstić information content (AvgIpc) is 2.61. The normalized spacial score (nSPS) is 12.4.